The van der Waals surface area contributed by atoms with Gasteiger partial charge in [-0.3, -0.25) is 4.79 Å². The van der Waals surface area contributed by atoms with E-state index in [2.05, 4.69) is 11.9 Å². The summed E-state index contributed by atoms with van der Waals surface area (Å²) >= 11 is 0. The average Bonchev–Trinajstić information content (AvgIpc) is 2.91. The third kappa shape index (κ3) is 4.87. The van der Waals surface area contributed by atoms with E-state index in [-0.39, 0.29) is 17.7 Å². The van der Waals surface area contributed by atoms with Crippen molar-refractivity contribution in [2.24, 2.45) is 11.8 Å². The Labute approximate surface area is 128 Å². The number of rotatable bonds is 9. The second-order valence-electron chi connectivity index (χ2n) is 6.58. The summed E-state index contributed by atoms with van der Waals surface area (Å²) in [4.78, 5) is 24.1. The second-order valence-corrected chi connectivity index (χ2v) is 6.58. The molecule has 0 saturated heterocycles. The molecule has 1 aliphatic rings. The Kier molecular flexibility index (Phi) is 6.93. The van der Waals surface area contributed by atoms with E-state index in [4.69, 9.17) is 0 Å². The lowest BCUT2D eigenvalue weighted by molar-refractivity contribution is -0.151. The van der Waals surface area contributed by atoms with E-state index in [0.717, 1.165) is 38.5 Å². The Morgan fingerprint density at radius 1 is 1.38 bits per heavy atom. The number of carboxylic acids is 1. The molecule has 2 N–H and O–H groups in total. The Hall–Kier alpha value is -1.32. The smallest absolute Gasteiger partial charge is 0.329 e. The van der Waals surface area contributed by atoms with Crippen molar-refractivity contribution in [1.29, 1.82) is 0 Å². The number of carbonyl (C=O) groups is 2. The number of unbranched alkanes of at least 4 members (excludes halogenated alkanes) is 1. The molecule has 0 spiro atoms. The lowest BCUT2D eigenvalue weighted by atomic mass is 9.76. The molecule has 0 bridgehead atoms. The van der Waals surface area contributed by atoms with Crippen LogP contribution in [0.4, 0.5) is 0 Å². The molecule has 0 radical (unpaired) electrons. The minimum Gasteiger partial charge on any atom is -0.479 e. The number of allylic oxidation sites excluding steroid dienone is 1. The van der Waals surface area contributed by atoms with Gasteiger partial charge < -0.3 is 10.4 Å². The first kappa shape index (κ1) is 17.7. The van der Waals surface area contributed by atoms with Crippen LogP contribution in [0.2, 0.25) is 0 Å². The SMILES string of the molecule is C=CCCCC(=O)N[C@](CC(C)C)(C(=O)O)C1CCCC1. The van der Waals surface area contributed by atoms with Crippen LogP contribution in [0.3, 0.4) is 0 Å². The Morgan fingerprint density at radius 2 is 2.00 bits per heavy atom. The molecule has 0 heterocycles. The molecule has 120 valence electrons. The molecule has 1 atom stereocenters. The highest BCUT2D eigenvalue weighted by molar-refractivity contribution is 5.87. The largest absolute Gasteiger partial charge is 0.479 e. The van der Waals surface area contributed by atoms with Gasteiger partial charge in [0.05, 0.1) is 0 Å². The Balaban J connectivity index is 2.85. The van der Waals surface area contributed by atoms with E-state index in [1.807, 2.05) is 13.8 Å². The van der Waals surface area contributed by atoms with Gasteiger partial charge in [-0.1, -0.05) is 32.8 Å². The molecule has 0 aromatic carbocycles. The van der Waals surface area contributed by atoms with Gasteiger partial charge in [0, 0.05) is 6.42 Å². The van der Waals surface area contributed by atoms with Crippen molar-refractivity contribution in [3.63, 3.8) is 0 Å². The van der Waals surface area contributed by atoms with Crippen molar-refractivity contribution in [3.05, 3.63) is 12.7 Å². The normalized spacial score (nSPS) is 18.4. The minimum atomic E-state index is -1.09. The van der Waals surface area contributed by atoms with E-state index in [0.29, 0.717) is 12.8 Å². The maximum Gasteiger partial charge on any atom is 0.329 e. The zero-order valence-electron chi connectivity index (χ0n) is 13.4. The van der Waals surface area contributed by atoms with Crippen molar-refractivity contribution < 1.29 is 14.7 Å². The van der Waals surface area contributed by atoms with Crippen molar-refractivity contribution in [1.82, 2.24) is 5.32 Å². The van der Waals surface area contributed by atoms with Crippen LogP contribution in [0.5, 0.6) is 0 Å². The summed E-state index contributed by atoms with van der Waals surface area (Å²) in [5, 5.41) is 12.7. The summed E-state index contributed by atoms with van der Waals surface area (Å²) in [6.45, 7) is 7.66. The van der Waals surface area contributed by atoms with Gasteiger partial charge in [-0.2, -0.15) is 0 Å². The molecule has 4 heteroatoms. The first-order valence-corrected chi connectivity index (χ1v) is 8.07. The van der Waals surface area contributed by atoms with Gasteiger partial charge in [-0.05, 0) is 43.9 Å². The summed E-state index contributed by atoms with van der Waals surface area (Å²) < 4.78 is 0. The van der Waals surface area contributed by atoms with Gasteiger partial charge in [0.15, 0.2) is 0 Å². The third-order valence-electron chi connectivity index (χ3n) is 4.34. The van der Waals surface area contributed by atoms with Crippen molar-refractivity contribution in [3.8, 4) is 0 Å². The van der Waals surface area contributed by atoms with E-state index in [1.165, 1.54) is 0 Å². The van der Waals surface area contributed by atoms with Gasteiger partial charge in [-0.15, -0.1) is 6.58 Å². The number of hydrogen-bond donors (Lipinski definition) is 2. The third-order valence-corrected chi connectivity index (χ3v) is 4.34. The van der Waals surface area contributed by atoms with Crippen LogP contribution < -0.4 is 5.32 Å². The van der Waals surface area contributed by atoms with E-state index in [1.54, 1.807) is 6.08 Å². The molecule has 1 amide bonds. The van der Waals surface area contributed by atoms with Crippen LogP contribution in [-0.2, 0) is 9.59 Å². The van der Waals surface area contributed by atoms with E-state index < -0.39 is 11.5 Å². The van der Waals surface area contributed by atoms with Crippen LogP contribution in [0.15, 0.2) is 12.7 Å². The topological polar surface area (TPSA) is 66.4 Å². The maximum atomic E-state index is 12.2. The van der Waals surface area contributed by atoms with Crippen molar-refractivity contribution in [2.75, 3.05) is 0 Å². The summed E-state index contributed by atoms with van der Waals surface area (Å²) in [6.07, 6.45) is 8.06. The summed E-state index contributed by atoms with van der Waals surface area (Å²) in [5.74, 6) is -0.733. The zero-order valence-corrected chi connectivity index (χ0v) is 13.4. The standard InChI is InChI=1S/C17H29NO3/c1-4-5-6-11-15(19)18-17(16(20)21,12-13(2)3)14-9-7-8-10-14/h4,13-14H,1,5-12H2,2-3H3,(H,18,19)(H,20,21)/t17-/m0/s1. The fourth-order valence-corrected chi connectivity index (χ4v) is 3.42. The number of aliphatic carboxylic acids is 1. The van der Waals surface area contributed by atoms with Gasteiger partial charge >= 0.3 is 5.97 Å². The van der Waals surface area contributed by atoms with Gasteiger partial charge in [0.1, 0.15) is 5.54 Å². The average molecular weight is 295 g/mol. The highest BCUT2D eigenvalue weighted by Gasteiger charge is 2.47. The van der Waals surface area contributed by atoms with E-state index >= 15 is 0 Å². The van der Waals surface area contributed by atoms with Crippen LogP contribution >= 0.6 is 0 Å². The van der Waals surface area contributed by atoms with Crippen molar-refractivity contribution in [2.45, 2.75) is 70.8 Å². The van der Waals surface area contributed by atoms with Gasteiger partial charge in [0.25, 0.3) is 0 Å². The van der Waals surface area contributed by atoms with E-state index in [9.17, 15) is 14.7 Å². The monoisotopic (exact) mass is 295 g/mol. The van der Waals surface area contributed by atoms with Gasteiger partial charge in [0.2, 0.25) is 5.91 Å². The Bertz CT molecular complexity index is 372. The van der Waals surface area contributed by atoms with Crippen LogP contribution in [0, 0.1) is 11.8 Å². The lowest BCUT2D eigenvalue weighted by Crippen LogP contribution is -2.59. The quantitative estimate of drug-likeness (QED) is 0.505. The molecular formula is C17H29NO3. The molecule has 1 fully saturated rings. The lowest BCUT2D eigenvalue weighted by Gasteiger charge is -2.37. The number of hydrogen-bond acceptors (Lipinski definition) is 2. The molecule has 0 aliphatic heterocycles. The first-order valence-electron chi connectivity index (χ1n) is 8.07. The fourth-order valence-electron chi connectivity index (χ4n) is 3.42. The minimum absolute atomic E-state index is 0.0563. The van der Waals surface area contributed by atoms with Gasteiger partial charge in [-0.25, -0.2) is 4.79 Å². The van der Waals surface area contributed by atoms with Crippen LogP contribution in [-0.4, -0.2) is 22.5 Å². The molecule has 0 aromatic rings. The molecular weight excluding hydrogens is 266 g/mol. The molecule has 1 rings (SSSR count). The number of amides is 1. The summed E-state index contributed by atoms with van der Waals surface area (Å²) in [7, 11) is 0. The molecule has 0 unspecified atom stereocenters. The van der Waals surface area contributed by atoms with Crippen molar-refractivity contribution >= 4 is 11.9 Å². The number of carboxylic acid groups (broad SMARTS) is 1. The highest BCUT2D eigenvalue weighted by atomic mass is 16.4. The Morgan fingerprint density at radius 3 is 2.48 bits per heavy atom. The van der Waals surface area contributed by atoms with Crippen LogP contribution in [0.1, 0.15) is 65.2 Å². The number of nitrogens with one attached hydrogen (secondary N) is 1. The predicted octanol–water partition coefficient (Wildman–Crippen LogP) is 3.52. The predicted molar refractivity (Wildman–Crippen MR) is 84.0 cm³/mol. The molecule has 1 aliphatic carbocycles. The van der Waals surface area contributed by atoms with Crippen LogP contribution in [0.25, 0.3) is 0 Å². The molecule has 21 heavy (non-hydrogen) atoms. The zero-order chi connectivity index (χ0) is 15.9. The molecule has 1 saturated carbocycles. The summed E-state index contributed by atoms with van der Waals surface area (Å²) in [5.41, 5.74) is -1.09. The molecule has 0 aromatic heterocycles. The maximum absolute atomic E-state index is 12.2. The first-order chi connectivity index (χ1) is 9.92. The number of carbonyl (C=O) groups excluding carboxylic acids is 1. The fraction of sp³-hybridized carbons (Fsp3) is 0.765. The highest BCUT2D eigenvalue weighted by Crippen LogP contribution is 2.38. The summed E-state index contributed by atoms with van der Waals surface area (Å²) in [6, 6.07) is 0. The second kappa shape index (κ2) is 8.20. The molecule has 4 nitrogen and oxygen atoms in total.